The molecule has 0 saturated carbocycles. The fraction of sp³-hybridized carbons (Fsp3) is 0.857. The SMILES string of the molecule is CC(CN)NC(=O)C(C)S(C)(=O)=O. The monoisotopic (exact) mass is 208 g/mol. The van der Waals surface area contributed by atoms with Gasteiger partial charge in [-0.1, -0.05) is 0 Å². The Balaban J connectivity index is 4.29. The minimum absolute atomic E-state index is 0.198. The number of sulfone groups is 1. The van der Waals surface area contributed by atoms with E-state index in [0.717, 1.165) is 6.26 Å². The Bertz CT molecular complexity index is 273. The molecule has 0 bridgehead atoms. The molecule has 0 aliphatic carbocycles. The van der Waals surface area contributed by atoms with E-state index in [1.807, 2.05) is 0 Å². The normalized spacial score (nSPS) is 16.3. The zero-order valence-corrected chi connectivity index (χ0v) is 8.89. The van der Waals surface area contributed by atoms with E-state index in [1.54, 1.807) is 6.92 Å². The highest BCUT2D eigenvalue weighted by molar-refractivity contribution is 7.92. The molecular formula is C7H16N2O3S. The van der Waals surface area contributed by atoms with Crippen LogP contribution in [0, 0.1) is 0 Å². The van der Waals surface area contributed by atoms with Gasteiger partial charge in [0.05, 0.1) is 0 Å². The summed E-state index contributed by atoms with van der Waals surface area (Å²) in [4.78, 5) is 11.2. The summed E-state index contributed by atoms with van der Waals surface area (Å²) < 4.78 is 21.9. The molecule has 0 spiro atoms. The lowest BCUT2D eigenvalue weighted by molar-refractivity contribution is -0.120. The largest absolute Gasteiger partial charge is 0.351 e. The molecule has 0 aliphatic rings. The number of nitrogens with one attached hydrogen (secondary N) is 1. The third kappa shape index (κ3) is 4.23. The number of hydrogen-bond donors (Lipinski definition) is 2. The Morgan fingerprint density at radius 2 is 1.92 bits per heavy atom. The van der Waals surface area contributed by atoms with E-state index < -0.39 is 21.0 Å². The highest BCUT2D eigenvalue weighted by Crippen LogP contribution is 1.97. The molecule has 0 aliphatic heterocycles. The molecule has 0 saturated heterocycles. The number of nitrogens with two attached hydrogens (primary N) is 1. The molecule has 0 aromatic rings. The fourth-order valence-electron chi connectivity index (χ4n) is 0.614. The summed E-state index contributed by atoms with van der Waals surface area (Å²) in [7, 11) is -3.31. The first-order valence-corrected chi connectivity index (χ1v) is 5.93. The van der Waals surface area contributed by atoms with Gasteiger partial charge in [0.2, 0.25) is 5.91 Å². The molecule has 0 fully saturated rings. The summed E-state index contributed by atoms with van der Waals surface area (Å²) in [6.07, 6.45) is 1.03. The Labute approximate surface area is 78.6 Å². The molecular weight excluding hydrogens is 192 g/mol. The van der Waals surface area contributed by atoms with Crippen molar-refractivity contribution in [2.45, 2.75) is 25.1 Å². The second-order valence-electron chi connectivity index (χ2n) is 3.12. The van der Waals surface area contributed by atoms with Crippen LogP contribution in [-0.4, -0.2) is 38.4 Å². The van der Waals surface area contributed by atoms with Crippen molar-refractivity contribution in [2.24, 2.45) is 5.73 Å². The summed E-state index contributed by atoms with van der Waals surface area (Å²) >= 11 is 0. The Kier molecular flexibility index (Phi) is 4.35. The smallest absolute Gasteiger partial charge is 0.238 e. The Morgan fingerprint density at radius 3 is 2.23 bits per heavy atom. The van der Waals surface area contributed by atoms with Crippen molar-refractivity contribution in [2.75, 3.05) is 12.8 Å². The molecule has 0 aromatic carbocycles. The van der Waals surface area contributed by atoms with Crippen LogP contribution in [0.2, 0.25) is 0 Å². The molecule has 2 unspecified atom stereocenters. The maximum Gasteiger partial charge on any atom is 0.238 e. The Morgan fingerprint density at radius 1 is 1.46 bits per heavy atom. The van der Waals surface area contributed by atoms with Crippen LogP contribution in [-0.2, 0) is 14.6 Å². The van der Waals surface area contributed by atoms with E-state index in [4.69, 9.17) is 5.73 Å². The van der Waals surface area contributed by atoms with Crippen LogP contribution in [0.1, 0.15) is 13.8 Å². The van der Waals surface area contributed by atoms with Crippen LogP contribution in [0.4, 0.5) is 0 Å². The minimum Gasteiger partial charge on any atom is -0.351 e. The topological polar surface area (TPSA) is 89.3 Å². The summed E-state index contributed by atoms with van der Waals surface area (Å²) in [6, 6.07) is -0.198. The highest BCUT2D eigenvalue weighted by atomic mass is 32.2. The van der Waals surface area contributed by atoms with Crippen molar-refractivity contribution < 1.29 is 13.2 Å². The predicted molar refractivity (Wildman–Crippen MR) is 51.0 cm³/mol. The second kappa shape index (κ2) is 4.57. The van der Waals surface area contributed by atoms with Gasteiger partial charge >= 0.3 is 0 Å². The first-order chi connectivity index (χ1) is 5.79. The van der Waals surface area contributed by atoms with Crippen LogP contribution in [0.3, 0.4) is 0 Å². The lowest BCUT2D eigenvalue weighted by Crippen LogP contribution is -2.44. The maximum absolute atomic E-state index is 11.2. The highest BCUT2D eigenvalue weighted by Gasteiger charge is 2.23. The molecule has 2 atom stereocenters. The molecule has 0 radical (unpaired) electrons. The standard InChI is InChI=1S/C7H16N2O3S/c1-5(4-8)9-7(10)6(2)13(3,11)12/h5-6H,4,8H2,1-3H3,(H,9,10). The van der Waals surface area contributed by atoms with Crippen LogP contribution >= 0.6 is 0 Å². The zero-order valence-electron chi connectivity index (χ0n) is 8.07. The van der Waals surface area contributed by atoms with Gasteiger partial charge < -0.3 is 11.1 Å². The predicted octanol–water partition coefficient (Wildman–Crippen LogP) is -1.12. The van der Waals surface area contributed by atoms with Gasteiger partial charge in [0, 0.05) is 18.8 Å². The maximum atomic E-state index is 11.2. The first-order valence-electron chi connectivity index (χ1n) is 3.98. The lowest BCUT2D eigenvalue weighted by Gasteiger charge is -2.14. The summed E-state index contributed by atoms with van der Waals surface area (Å²) in [5.41, 5.74) is 5.27. The summed E-state index contributed by atoms with van der Waals surface area (Å²) in [5.74, 6) is -0.500. The molecule has 5 nitrogen and oxygen atoms in total. The number of carbonyl (C=O) groups excluding carboxylic acids is 1. The van der Waals surface area contributed by atoms with Crippen molar-refractivity contribution in [1.29, 1.82) is 0 Å². The van der Waals surface area contributed by atoms with Crippen LogP contribution < -0.4 is 11.1 Å². The van der Waals surface area contributed by atoms with Crippen molar-refractivity contribution in [3.05, 3.63) is 0 Å². The van der Waals surface area contributed by atoms with Gasteiger partial charge in [0.25, 0.3) is 0 Å². The minimum atomic E-state index is -3.31. The van der Waals surface area contributed by atoms with Crippen LogP contribution in [0.5, 0.6) is 0 Å². The molecule has 13 heavy (non-hydrogen) atoms. The third-order valence-corrected chi connectivity index (χ3v) is 3.25. The average Bonchev–Trinajstić information content (AvgIpc) is 2.01. The van der Waals surface area contributed by atoms with Gasteiger partial charge in [-0.3, -0.25) is 4.79 Å². The van der Waals surface area contributed by atoms with Gasteiger partial charge in [0.1, 0.15) is 5.25 Å². The molecule has 0 rings (SSSR count). The van der Waals surface area contributed by atoms with Gasteiger partial charge in [-0.25, -0.2) is 8.42 Å². The second-order valence-corrected chi connectivity index (χ2v) is 5.48. The van der Waals surface area contributed by atoms with Crippen LogP contribution in [0.25, 0.3) is 0 Å². The van der Waals surface area contributed by atoms with Gasteiger partial charge in [-0.2, -0.15) is 0 Å². The Hall–Kier alpha value is -0.620. The molecule has 0 heterocycles. The van der Waals surface area contributed by atoms with E-state index in [2.05, 4.69) is 5.32 Å². The van der Waals surface area contributed by atoms with E-state index in [9.17, 15) is 13.2 Å². The van der Waals surface area contributed by atoms with E-state index >= 15 is 0 Å². The number of carbonyl (C=O) groups is 1. The number of amides is 1. The van der Waals surface area contributed by atoms with Crippen molar-refractivity contribution in [3.8, 4) is 0 Å². The first kappa shape index (κ1) is 12.4. The van der Waals surface area contributed by atoms with Gasteiger partial charge in [0.15, 0.2) is 9.84 Å². The lowest BCUT2D eigenvalue weighted by atomic mass is 10.3. The molecule has 0 aromatic heterocycles. The van der Waals surface area contributed by atoms with E-state index in [0.29, 0.717) is 6.54 Å². The third-order valence-electron chi connectivity index (χ3n) is 1.75. The quantitative estimate of drug-likeness (QED) is 0.612. The zero-order chi connectivity index (χ0) is 10.6. The average molecular weight is 208 g/mol. The molecule has 3 N–H and O–H groups in total. The summed E-state index contributed by atoms with van der Waals surface area (Å²) in [6.45, 7) is 3.36. The molecule has 1 amide bonds. The molecule has 6 heteroatoms. The van der Waals surface area contributed by atoms with Gasteiger partial charge in [-0.15, -0.1) is 0 Å². The van der Waals surface area contributed by atoms with E-state index in [-0.39, 0.29) is 6.04 Å². The van der Waals surface area contributed by atoms with Crippen molar-refractivity contribution >= 4 is 15.7 Å². The van der Waals surface area contributed by atoms with E-state index in [1.165, 1.54) is 6.92 Å². The van der Waals surface area contributed by atoms with Crippen LogP contribution in [0.15, 0.2) is 0 Å². The van der Waals surface area contributed by atoms with Crippen molar-refractivity contribution in [3.63, 3.8) is 0 Å². The van der Waals surface area contributed by atoms with Crippen molar-refractivity contribution in [1.82, 2.24) is 5.32 Å². The van der Waals surface area contributed by atoms with Gasteiger partial charge in [-0.05, 0) is 13.8 Å². The fourth-order valence-corrected chi connectivity index (χ4v) is 1.07. The summed E-state index contributed by atoms with van der Waals surface area (Å²) in [5, 5.41) is 1.48. The number of hydrogen-bond acceptors (Lipinski definition) is 4. The number of rotatable bonds is 4. The molecule has 78 valence electrons.